The van der Waals surface area contributed by atoms with Gasteiger partial charge in [0.1, 0.15) is 11.4 Å². The quantitative estimate of drug-likeness (QED) is 0.551. The zero-order valence-electron chi connectivity index (χ0n) is 13.8. The third-order valence-corrected chi connectivity index (χ3v) is 4.16. The Morgan fingerprint density at radius 3 is 2.58 bits per heavy atom. The van der Waals surface area contributed by atoms with Gasteiger partial charge < -0.3 is 15.2 Å². The van der Waals surface area contributed by atoms with Crippen molar-refractivity contribution < 1.29 is 14.1 Å². The minimum Gasteiger partial charge on any atom is -0.366 e. The molecule has 0 fully saturated rings. The van der Waals surface area contributed by atoms with Crippen molar-refractivity contribution in [1.82, 2.24) is 15.1 Å². The minimum atomic E-state index is -0.490. The first-order valence-corrected chi connectivity index (χ1v) is 7.89. The van der Waals surface area contributed by atoms with Gasteiger partial charge in [0.15, 0.2) is 5.69 Å². The summed E-state index contributed by atoms with van der Waals surface area (Å²) in [6.07, 6.45) is 3.27. The highest BCUT2D eigenvalue weighted by atomic mass is 16.5. The van der Waals surface area contributed by atoms with E-state index >= 15 is 0 Å². The molecule has 0 aliphatic rings. The molecule has 0 unspecified atom stereocenters. The lowest BCUT2D eigenvalue weighted by Crippen LogP contribution is -2.10. The molecule has 0 bridgehead atoms. The third-order valence-electron chi connectivity index (χ3n) is 4.16. The molecule has 3 heterocycles. The van der Waals surface area contributed by atoms with E-state index in [1.165, 1.54) is 0 Å². The number of ketones is 1. The fourth-order valence-corrected chi connectivity index (χ4v) is 2.90. The number of pyridine rings is 1. The molecule has 7 heteroatoms. The van der Waals surface area contributed by atoms with Gasteiger partial charge in [0.05, 0.1) is 5.56 Å². The standard InChI is InChI=1S/C19H14N4O3/c1-10-8-15(23-26-10)17(24)14-9-22-19-16(14)13(6-7-21-19)11-2-4-12(5-3-11)18(20)25/h2-9H,1H3,(H2,20,25)(H,21,22). The van der Waals surface area contributed by atoms with Crippen molar-refractivity contribution >= 4 is 22.7 Å². The highest BCUT2D eigenvalue weighted by molar-refractivity contribution is 6.18. The molecule has 0 saturated heterocycles. The van der Waals surface area contributed by atoms with Gasteiger partial charge in [0.25, 0.3) is 0 Å². The van der Waals surface area contributed by atoms with Crippen LogP contribution in [0, 0.1) is 6.92 Å². The molecule has 3 aromatic heterocycles. The zero-order chi connectivity index (χ0) is 18.3. The first kappa shape index (κ1) is 15.8. The average Bonchev–Trinajstić information content (AvgIpc) is 3.27. The number of primary amides is 1. The van der Waals surface area contributed by atoms with Gasteiger partial charge in [-0.05, 0) is 36.2 Å². The van der Waals surface area contributed by atoms with E-state index in [-0.39, 0.29) is 11.5 Å². The molecule has 128 valence electrons. The van der Waals surface area contributed by atoms with Crippen LogP contribution < -0.4 is 5.73 Å². The van der Waals surface area contributed by atoms with Crippen LogP contribution in [0.5, 0.6) is 0 Å². The first-order valence-electron chi connectivity index (χ1n) is 7.89. The van der Waals surface area contributed by atoms with Gasteiger partial charge >= 0.3 is 0 Å². The molecule has 0 saturated carbocycles. The molecule has 26 heavy (non-hydrogen) atoms. The summed E-state index contributed by atoms with van der Waals surface area (Å²) in [5, 5.41) is 4.49. The maximum Gasteiger partial charge on any atom is 0.248 e. The summed E-state index contributed by atoms with van der Waals surface area (Å²) in [7, 11) is 0. The Labute approximate surface area is 147 Å². The zero-order valence-corrected chi connectivity index (χ0v) is 13.8. The lowest BCUT2D eigenvalue weighted by atomic mass is 9.98. The van der Waals surface area contributed by atoms with E-state index in [9.17, 15) is 9.59 Å². The number of rotatable bonds is 4. The predicted molar refractivity (Wildman–Crippen MR) is 94.7 cm³/mol. The predicted octanol–water partition coefficient (Wildman–Crippen LogP) is 2.86. The van der Waals surface area contributed by atoms with Crippen molar-refractivity contribution in [3.05, 3.63) is 71.4 Å². The molecule has 1 aromatic carbocycles. The van der Waals surface area contributed by atoms with E-state index in [2.05, 4.69) is 15.1 Å². The van der Waals surface area contributed by atoms with Crippen molar-refractivity contribution in [2.75, 3.05) is 0 Å². The van der Waals surface area contributed by atoms with E-state index < -0.39 is 5.91 Å². The smallest absolute Gasteiger partial charge is 0.248 e. The SMILES string of the molecule is Cc1cc(C(=O)c2c[nH]c3nccc(-c4ccc(C(N)=O)cc4)c23)no1. The Morgan fingerprint density at radius 1 is 1.15 bits per heavy atom. The lowest BCUT2D eigenvalue weighted by Gasteiger charge is -2.06. The van der Waals surface area contributed by atoms with Crippen LogP contribution in [0.25, 0.3) is 22.2 Å². The third kappa shape index (κ3) is 2.55. The van der Waals surface area contributed by atoms with Crippen LogP contribution in [0.15, 0.2) is 53.3 Å². The van der Waals surface area contributed by atoms with Gasteiger partial charge in [-0.2, -0.15) is 0 Å². The number of aromatic amines is 1. The largest absolute Gasteiger partial charge is 0.366 e. The fourth-order valence-electron chi connectivity index (χ4n) is 2.90. The molecule has 1 amide bonds. The number of amides is 1. The van der Waals surface area contributed by atoms with Gasteiger partial charge in [-0.3, -0.25) is 9.59 Å². The molecule has 0 spiro atoms. The number of fused-ring (bicyclic) bond motifs is 1. The second kappa shape index (κ2) is 5.96. The monoisotopic (exact) mass is 346 g/mol. The highest BCUT2D eigenvalue weighted by Gasteiger charge is 2.20. The van der Waals surface area contributed by atoms with Gasteiger partial charge in [-0.1, -0.05) is 17.3 Å². The molecule has 7 nitrogen and oxygen atoms in total. The lowest BCUT2D eigenvalue weighted by molar-refractivity contribution is 0.0998. The Hall–Kier alpha value is -3.74. The minimum absolute atomic E-state index is 0.238. The summed E-state index contributed by atoms with van der Waals surface area (Å²) in [6.45, 7) is 1.73. The van der Waals surface area contributed by atoms with E-state index in [4.69, 9.17) is 10.3 Å². The number of hydrogen-bond donors (Lipinski definition) is 2. The van der Waals surface area contributed by atoms with E-state index in [1.54, 1.807) is 49.6 Å². The van der Waals surface area contributed by atoms with Gasteiger partial charge in [-0.15, -0.1) is 0 Å². The second-order valence-electron chi connectivity index (χ2n) is 5.88. The number of benzene rings is 1. The number of nitrogens with zero attached hydrogens (tertiary/aromatic N) is 2. The summed E-state index contributed by atoms with van der Waals surface area (Å²) in [6, 6.07) is 10.3. The maximum atomic E-state index is 12.8. The molecular formula is C19H14N4O3. The Morgan fingerprint density at radius 2 is 1.92 bits per heavy atom. The molecule has 0 aliphatic heterocycles. The fraction of sp³-hybridized carbons (Fsp3) is 0.0526. The van der Waals surface area contributed by atoms with Gasteiger partial charge in [0.2, 0.25) is 11.7 Å². The molecule has 4 aromatic rings. The number of H-pyrrole nitrogens is 1. The van der Waals surface area contributed by atoms with Crippen molar-refractivity contribution in [1.29, 1.82) is 0 Å². The number of carbonyl (C=O) groups is 2. The van der Waals surface area contributed by atoms with Gasteiger partial charge in [-0.25, -0.2) is 4.98 Å². The number of nitrogens with one attached hydrogen (secondary N) is 1. The average molecular weight is 346 g/mol. The van der Waals surface area contributed by atoms with Crippen LogP contribution in [-0.4, -0.2) is 26.8 Å². The molecule has 0 aliphatic carbocycles. The maximum absolute atomic E-state index is 12.8. The second-order valence-corrected chi connectivity index (χ2v) is 5.88. The van der Waals surface area contributed by atoms with Crippen molar-refractivity contribution in [3.63, 3.8) is 0 Å². The Bertz CT molecular complexity index is 1140. The number of carbonyl (C=O) groups excluding carboxylic acids is 2. The Balaban J connectivity index is 1.87. The van der Waals surface area contributed by atoms with E-state index in [0.717, 1.165) is 11.1 Å². The highest BCUT2D eigenvalue weighted by Crippen LogP contribution is 2.31. The van der Waals surface area contributed by atoms with Gasteiger partial charge in [0, 0.05) is 29.4 Å². The van der Waals surface area contributed by atoms with Crippen molar-refractivity contribution in [3.8, 4) is 11.1 Å². The van der Waals surface area contributed by atoms with Crippen LogP contribution >= 0.6 is 0 Å². The van der Waals surface area contributed by atoms with Crippen LogP contribution in [0.2, 0.25) is 0 Å². The number of nitrogens with two attached hydrogens (primary N) is 1. The summed E-state index contributed by atoms with van der Waals surface area (Å²) < 4.78 is 5.01. The van der Waals surface area contributed by atoms with Crippen LogP contribution in [0.3, 0.4) is 0 Å². The number of aryl methyl sites for hydroxylation is 1. The van der Waals surface area contributed by atoms with Crippen LogP contribution in [0.1, 0.15) is 32.2 Å². The first-order chi connectivity index (χ1) is 12.5. The molecular weight excluding hydrogens is 332 g/mol. The Kier molecular flexibility index (Phi) is 3.62. The van der Waals surface area contributed by atoms with E-state index in [0.29, 0.717) is 27.9 Å². The summed E-state index contributed by atoms with van der Waals surface area (Å²) in [5.74, 6) is -0.181. The molecule has 0 atom stereocenters. The van der Waals surface area contributed by atoms with Crippen LogP contribution in [0.4, 0.5) is 0 Å². The molecule has 4 rings (SSSR count). The topological polar surface area (TPSA) is 115 Å². The summed E-state index contributed by atoms with van der Waals surface area (Å²) in [5.41, 5.74) is 8.65. The summed E-state index contributed by atoms with van der Waals surface area (Å²) in [4.78, 5) is 31.4. The normalized spacial score (nSPS) is 11.0. The van der Waals surface area contributed by atoms with E-state index in [1.807, 2.05) is 6.07 Å². The molecule has 3 N–H and O–H groups in total. The number of hydrogen-bond acceptors (Lipinski definition) is 5. The number of aromatic nitrogens is 3. The molecule has 0 radical (unpaired) electrons. The van der Waals surface area contributed by atoms with Crippen LogP contribution in [-0.2, 0) is 0 Å². The van der Waals surface area contributed by atoms with Crippen molar-refractivity contribution in [2.24, 2.45) is 5.73 Å². The summed E-state index contributed by atoms with van der Waals surface area (Å²) >= 11 is 0. The van der Waals surface area contributed by atoms with Crippen molar-refractivity contribution in [2.45, 2.75) is 6.92 Å².